The Labute approximate surface area is 296 Å². The van der Waals surface area contributed by atoms with Crippen LogP contribution in [-0.4, -0.2) is 120 Å². The lowest BCUT2D eigenvalue weighted by molar-refractivity contribution is -0.143. The number of rotatable bonds is 7. The van der Waals surface area contributed by atoms with Crippen LogP contribution < -0.4 is 11.1 Å². The average molecular weight is 718 g/mol. The molecule has 4 aliphatic rings. The summed E-state index contributed by atoms with van der Waals surface area (Å²) in [5, 5.41) is 2.78. The van der Waals surface area contributed by atoms with Gasteiger partial charge >= 0.3 is 12.2 Å². The fourth-order valence-electron chi connectivity index (χ4n) is 7.96. The molecule has 0 bridgehead atoms. The zero-order valence-corrected chi connectivity index (χ0v) is 29.3. The molecule has 1 atom stereocenters. The molecule has 272 valence electrons. The number of alkyl halides is 3. The first-order valence-electron chi connectivity index (χ1n) is 17.7. The van der Waals surface area contributed by atoms with E-state index in [0.29, 0.717) is 51.6 Å². The number of anilines is 2. The number of nitrogen functional groups attached to an aromatic ring is 1. The zero-order valence-electron chi connectivity index (χ0n) is 28.6. The molecule has 14 heteroatoms. The highest BCUT2D eigenvalue weighted by atomic mass is 35.5. The highest BCUT2D eigenvalue weighted by Gasteiger charge is 2.38. The van der Waals surface area contributed by atoms with Gasteiger partial charge in [-0.1, -0.05) is 29.8 Å². The molecule has 6 rings (SSSR count). The minimum absolute atomic E-state index is 0.0369. The van der Waals surface area contributed by atoms with Crippen molar-refractivity contribution in [1.29, 1.82) is 0 Å². The van der Waals surface area contributed by atoms with Gasteiger partial charge in [0.25, 0.3) is 0 Å². The Kier molecular flexibility index (Phi) is 11.1. The van der Waals surface area contributed by atoms with E-state index in [9.17, 15) is 27.6 Å². The van der Waals surface area contributed by atoms with Crippen LogP contribution in [0.15, 0.2) is 36.4 Å². The number of hydrogen-bond donors (Lipinski definition) is 2. The minimum atomic E-state index is -4.72. The van der Waals surface area contributed by atoms with Crippen molar-refractivity contribution in [2.45, 2.75) is 63.2 Å². The van der Waals surface area contributed by atoms with Crippen molar-refractivity contribution in [1.82, 2.24) is 24.5 Å². The van der Waals surface area contributed by atoms with Gasteiger partial charge < -0.3 is 30.7 Å². The van der Waals surface area contributed by atoms with Gasteiger partial charge in [0.15, 0.2) is 0 Å². The number of likely N-dealkylation sites (tertiary alicyclic amines) is 2. The molecule has 3 saturated heterocycles. The first-order chi connectivity index (χ1) is 23.9. The number of benzene rings is 2. The molecule has 4 heterocycles. The number of halogens is 4. The molecule has 10 nitrogen and oxygen atoms in total. The maximum absolute atomic E-state index is 14.1. The molecular weight excluding hydrogens is 671 g/mol. The lowest BCUT2D eigenvalue weighted by Gasteiger charge is -2.42. The number of nitrogens with zero attached hydrogens (tertiary/aromatic N) is 5. The van der Waals surface area contributed by atoms with E-state index in [1.165, 1.54) is 6.07 Å². The maximum atomic E-state index is 14.1. The predicted molar refractivity (Wildman–Crippen MR) is 187 cm³/mol. The van der Waals surface area contributed by atoms with Gasteiger partial charge in [-0.2, -0.15) is 13.2 Å². The monoisotopic (exact) mass is 717 g/mol. The number of carbonyl (C=O) groups is 3. The fraction of sp³-hybridized carbons (Fsp3) is 0.583. The molecule has 0 aromatic heterocycles. The van der Waals surface area contributed by atoms with Crippen LogP contribution in [0.5, 0.6) is 0 Å². The largest absolute Gasteiger partial charge is 0.418 e. The zero-order chi connectivity index (χ0) is 35.6. The van der Waals surface area contributed by atoms with Crippen molar-refractivity contribution in [2.75, 3.05) is 77.0 Å². The third kappa shape index (κ3) is 8.32. The normalized spacial score (nSPS) is 21.1. The van der Waals surface area contributed by atoms with Gasteiger partial charge in [-0.25, -0.2) is 4.79 Å². The number of piperidine rings is 2. The number of fused-ring (bicyclic) bond motifs is 1. The van der Waals surface area contributed by atoms with E-state index in [-0.39, 0.29) is 47.3 Å². The SMILES string of the molecule is CN1CCN(C2CCN(C(=O)[C@@H](CC(=O)N3CCC(N4CCc5ccccc5NC4=O)CC3)Cc3cc(Cl)c(N)c(C(F)(F)F)c3)CC2)CC1. The number of piperazine rings is 1. The second kappa shape index (κ2) is 15.4. The summed E-state index contributed by atoms with van der Waals surface area (Å²) in [4.78, 5) is 51.1. The van der Waals surface area contributed by atoms with Gasteiger partial charge in [-0.3, -0.25) is 14.5 Å². The van der Waals surface area contributed by atoms with E-state index in [1.54, 1.807) is 9.80 Å². The van der Waals surface area contributed by atoms with Gasteiger partial charge in [-0.05, 0) is 74.9 Å². The first-order valence-corrected chi connectivity index (χ1v) is 18.0. The summed E-state index contributed by atoms with van der Waals surface area (Å²) < 4.78 is 41.5. The quantitative estimate of drug-likeness (QED) is 0.399. The molecular formula is C36H47ClF3N7O3. The van der Waals surface area contributed by atoms with E-state index in [0.717, 1.165) is 62.8 Å². The average Bonchev–Trinajstić information content (AvgIpc) is 3.27. The Morgan fingerprint density at radius 2 is 1.56 bits per heavy atom. The summed E-state index contributed by atoms with van der Waals surface area (Å²) in [6.07, 6.45) is -1.39. The van der Waals surface area contributed by atoms with Gasteiger partial charge in [0, 0.05) is 83.1 Å². The Morgan fingerprint density at radius 1 is 0.920 bits per heavy atom. The predicted octanol–water partition coefficient (Wildman–Crippen LogP) is 4.81. The molecule has 0 radical (unpaired) electrons. The molecule has 0 unspecified atom stereocenters. The fourth-order valence-corrected chi connectivity index (χ4v) is 8.20. The highest BCUT2D eigenvalue weighted by Crippen LogP contribution is 2.38. The highest BCUT2D eigenvalue weighted by molar-refractivity contribution is 6.33. The number of nitrogens with two attached hydrogens (primary N) is 1. The van der Waals surface area contributed by atoms with Crippen LogP contribution in [0, 0.1) is 5.92 Å². The van der Waals surface area contributed by atoms with Crippen molar-refractivity contribution in [3.63, 3.8) is 0 Å². The smallest absolute Gasteiger partial charge is 0.397 e. The van der Waals surface area contributed by atoms with Gasteiger partial charge in [0.1, 0.15) is 0 Å². The molecule has 50 heavy (non-hydrogen) atoms. The van der Waals surface area contributed by atoms with Crippen molar-refractivity contribution in [2.24, 2.45) is 5.92 Å². The number of urea groups is 1. The van der Waals surface area contributed by atoms with Crippen LogP contribution in [0.1, 0.15) is 48.8 Å². The third-order valence-electron chi connectivity index (χ3n) is 11.0. The van der Waals surface area contributed by atoms with E-state index < -0.39 is 23.3 Å². The summed E-state index contributed by atoms with van der Waals surface area (Å²) in [7, 11) is 2.11. The summed E-state index contributed by atoms with van der Waals surface area (Å²) in [6.45, 7) is 6.46. The van der Waals surface area contributed by atoms with Crippen LogP contribution in [0.25, 0.3) is 0 Å². The number of nitrogens with one attached hydrogen (secondary N) is 1. The molecule has 0 saturated carbocycles. The maximum Gasteiger partial charge on any atom is 0.418 e. The second-order valence-electron chi connectivity index (χ2n) is 14.2. The third-order valence-corrected chi connectivity index (χ3v) is 11.3. The number of hydrogen-bond acceptors (Lipinski definition) is 6. The molecule has 0 spiro atoms. The van der Waals surface area contributed by atoms with Gasteiger partial charge in [0.05, 0.1) is 22.2 Å². The Morgan fingerprint density at radius 3 is 2.24 bits per heavy atom. The molecule has 4 amide bonds. The molecule has 2 aromatic carbocycles. The topological polar surface area (TPSA) is 105 Å². The Hall–Kier alpha value is -3.55. The molecule has 3 fully saturated rings. The number of para-hydroxylation sites is 1. The molecule has 3 N–H and O–H groups in total. The van der Waals surface area contributed by atoms with Crippen LogP contribution in [0.3, 0.4) is 0 Å². The van der Waals surface area contributed by atoms with Crippen LogP contribution >= 0.6 is 11.6 Å². The van der Waals surface area contributed by atoms with Crippen LogP contribution in [0.2, 0.25) is 5.02 Å². The van der Waals surface area contributed by atoms with E-state index in [4.69, 9.17) is 17.3 Å². The second-order valence-corrected chi connectivity index (χ2v) is 14.6. The van der Waals surface area contributed by atoms with Crippen molar-refractivity contribution in [3.8, 4) is 0 Å². The lowest BCUT2D eigenvalue weighted by atomic mass is 9.91. The first kappa shape index (κ1) is 36.2. The van der Waals surface area contributed by atoms with E-state index >= 15 is 0 Å². The van der Waals surface area contributed by atoms with Crippen molar-refractivity contribution < 1.29 is 27.6 Å². The summed E-state index contributed by atoms with van der Waals surface area (Å²) >= 11 is 6.15. The summed E-state index contributed by atoms with van der Waals surface area (Å²) in [6, 6.07) is 10.3. The standard InChI is InChI=1S/C36H47ClF3N7O3/c1-43-16-18-44(19-17-43)27-7-13-46(14-8-27)34(49)26(20-24-21-29(36(38,39)40)33(41)30(37)22-24)23-32(48)45-11-9-28(10-12-45)47-15-6-25-4-2-3-5-31(25)42-35(47)50/h2-5,21-22,26-28H,6-20,23,41H2,1H3,(H,42,50)/t26-/m1/s1. The number of carbonyl (C=O) groups excluding carboxylic acids is 3. The number of likely N-dealkylation sites (N-methyl/N-ethyl adjacent to an activating group) is 1. The van der Waals surface area contributed by atoms with Crippen LogP contribution in [-0.2, 0) is 28.6 Å². The van der Waals surface area contributed by atoms with Crippen molar-refractivity contribution in [3.05, 3.63) is 58.1 Å². The molecule has 0 aliphatic carbocycles. The van der Waals surface area contributed by atoms with Gasteiger partial charge in [0.2, 0.25) is 11.8 Å². The van der Waals surface area contributed by atoms with E-state index in [2.05, 4.69) is 22.2 Å². The molecule has 4 aliphatic heterocycles. The van der Waals surface area contributed by atoms with Gasteiger partial charge in [-0.15, -0.1) is 0 Å². The van der Waals surface area contributed by atoms with E-state index in [1.807, 2.05) is 29.2 Å². The van der Waals surface area contributed by atoms with Crippen molar-refractivity contribution >= 4 is 40.8 Å². The molecule has 2 aromatic rings. The summed E-state index contributed by atoms with van der Waals surface area (Å²) in [5.41, 5.74) is 6.19. The summed E-state index contributed by atoms with van der Waals surface area (Å²) in [5.74, 6) is -1.32. The van der Waals surface area contributed by atoms with Crippen LogP contribution in [0.4, 0.5) is 29.3 Å². The Balaban J connectivity index is 1.12. The number of amides is 4. The lowest BCUT2D eigenvalue weighted by Crippen LogP contribution is -2.53. The Bertz CT molecular complexity index is 1550. The minimum Gasteiger partial charge on any atom is -0.397 e.